The minimum atomic E-state index is -0.526. The summed E-state index contributed by atoms with van der Waals surface area (Å²) in [4.78, 5) is 25.4. The normalized spacial score (nSPS) is 10.7. The van der Waals surface area contributed by atoms with E-state index in [1.807, 2.05) is 18.2 Å². The monoisotopic (exact) mass is 298 g/mol. The second-order valence-corrected chi connectivity index (χ2v) is 5.78. The molecule has 22 heavy (non-hydrogen) atoms. The first-order valence-electron chi connectivity index (χ1n) is 6.91. The van der Waals surface area contributed by atoms with Gasteiger partial charge in [0.15, 0.2) is 6.29 Å². The summed E-state index contributed by atoms with van der Waals surface area (Å²) in [6.07, 6.45) is 1.98. The first-order valence-corrected chi connectivity index (χ1v) is 6.91. The number of hydrogen-bond acceptors (Lipinski definition) is 3. The zero-order valence-electron chi connectivity index (χ0n) is 12.8. The number of aromatic nitrogens is 1. The Labute approximate surface area is 129 Å². The van der Waals surface area contributed by atoms with Gasteiger partial charge in [-0.3, -0.25) is 4.79 Å². The molecule has 0 aliphatic heterocycles. The largest absolute Gasteiger partial charge is 0.444 e. The Bertz CT molecular complexity index is 758. The fourth-order valence-corrected chi connectivity index (χ4v) is 1.89. The molecule has 2 aromatic rings. The van der Waals surface area contributed by atoms with Crippen LogP contribution in [0.15, 0.2) is 24.4 Å². The van der Waals surface area contributed by atoms with E-state index in [2.05, 4.69) is 22.1 Å². The molecule has 0 aliphatic carbocycles. The second-order valence-electron chi connectivity index (χ2n) is 5.78. The number of nitrogens with one attached hydrogen (secondary N) is 2. The number of aromatic amines is 1. The van der Waals surface area contributed by atoms with Gasteiger partial charge >= 0.3 is 6.09 Å². The lowest BCUT2D eigenvalue weighted by Gasteiger charge is -2.18. The van der Waals surface area contributed by atoms with Gasteiger partial charge in [0.25, 0.3) is 0 Å². The molecule has 0 spiro atoms. The van der Waals surface area contributed by atoms with Crippen molar-refractivity contribution in [3.63, 3.8) is 0 Å². The van der Waals surface area contributed by atoms with Gasteiger partial charge < -0.3 is 15.0 Å². The molecule has 1 aromatic carbocycles. The predicted octanol–water partition coefficient (Wildman–Crippen LogP) is 2.86. The molecule has 0 radical (unpaired) electrons. The number of alkyl carbamates (subject to hydrolysis) is 1. The molecule has 0 unspecified atom stereocenters. The number of carbonyl (C=O) groups excluding carboxylic acids is 2. The average molecular weight is 298 g/mol. The summed E-state index contributed by atoms with van der Waals surface area (Å²) >= 11 is 0. The van der Waals surface area contributed by atoms with Gasteiger partial charge in [0.05, 0.1) is 6.54 Å². The number of aldehydes is 1. The van der Waals surface area contributed by atoms with Crippen molar-refractivity contribution in [3.8, 4) is 11.8 Å². The average Bonchev–Trinajstić information content (AvgIpc) is 2.84. The zero-order valence-corrected chi connectivity index (χ0v) is 12.8. The van der Waals surface area contributed by atoms with Crippen LogP contribution >= 0.6 is 0 Å². The smallest absolute Gasteiger partial charge is 0.408 e. The fourth-order valence-electron chi connectivity index (χ4n) is 1.89. The minimum Gasteiger partial charge on any atom is -0.444 e. The van der Waals surface area contributed by atoms with E-state index in [1.54, 1.807) is 27.0 Å². The van der Waals surface area contributed by atoms with Crippen LogP contribution in [-0.4, -0.2) is 29.5 Å². The van der Waals surface area contributed by atoms with E-state index in [-0.39, 0.29) is 6.54 Å². The molecular formula is C17H18N2O3. The second kappa shape index (κ2) is 6.35. The molecule has 1 heterocycles. The van der Waals surface area contributed by atoms with Crippen LogP contribution in [-0.2, 0) is 4.74 Å². The molecular weight excluding hydrogens is 280 g/mol. The van der Waals surface area contributed by atoms with E-state index >= 15 is 0 Å². The summed E-state index contributed by atoms with van der Waals surface area (Å²) in [6.45, 7) is 5.60. The maximum Gasteiger partial charge on any atom is 0.408 e. The molecule has 0 saturated heterocycles. The molecule has 0 fully saturated rings. The van der Waals surface area contributed by atoms with Gasteiger partial charge in [0.1, 0.15) is 5.60 Å². The topological polar surface area (TPSA) is 71.2 Å². The highest BCUT2D eigenvalue weighted by atomic mass is 16.6. The molecule has 0 aliphatic rings. The maximum atomic E-state index is 11.4. The third-order valence-electron chi connectivity index (χ3n) is 2.79. The van der Waals surface area contributed by atoms with Crippen LogP contribution in [0.5, 0.6) is 0 Å². The fraction of sp³-hybridized carbons (Fsp3) is 0.294. The number of rotatable bonds is 2. The van der Waals surface area contributed by atoms with Crippen molar-refractivity contribution in [2.45, 2.75) is 26.4 Å². The van der Waals surface area contributed by atoms with E-state index in [1.165, 1.54) is 0 Å². The van der Waals surface area contributed by atoms with E-state index in [0.29, 0.717) is 5.56 Å². The van der Waals surface area contributed by atoms with E-state index in [9.17, 15) is 9.59 Å². The van der Waals surface area contributed by atoms with Gasteiger partial charge in [-0.2, -0.15) is 0 Å². The van der Waals surface area contributed by atoms with Gasteiger partial charge in [0, 0.05) is 28.2 Å². The molecule has 0 bridgehead atoms. The highest BCUT2D eigenvalue weighted by molar-refractivity contribution is 5.97. The van der Waals surface area contributed by atoms with E-state index in [0.717, 1.165) is 22.8 Å². The van der Waals surface area contributed by atoms with Crippen LogP contribution in [0.2, 0.25) is 0 Å². The quantitative estimate of drug-likeness (QED) is 0.661. The molecule has 0 atom stereocenters. The first-order chi connectivity index (χ1) is 10.4. The molecule has 5 nitrogen and oxygen atoms in total. The number of carbonyl (C=O) groups is 2. The van der Waals surface area contributed by atoms with Gasteiger partial charge in [-0.25, -0.2) is 4.79 Å². The predicted molar refractivity (Wildman–Crippen MR) is 84.8 cm³/mol. The minimum absolute atomic E-state index is 0.195. The zero-order chi connectivity index (χ0) is 16.2. The molecule has 1 amide bonds. The summed E-state index contributed by atoms with van der Waals surface area (Å²) in [5.41, 5.74) is 1.74. The van der Waals surface area contributed by atoms with Crippen LogP contribution in [0.25, 0.3) is 10.9 Å². The lowest BCUT2D eigenvalue weighted by Crippen LogP contribution is -2.32. The number of hydrogen-bond donors (Lipinski definition) is 2. The third-order valence-corrected chi connectivity index (χ3v) is 2.79. The highest BCUT2D eigenvalue weighted by Crippen LogP contribution is 2.17. The number of amides is 1. The molecule has 2 rings (SSSR count). The molecule has 5 heteroatoms. The van der Waals surface area contributed by atoms with Crippen molar-refractivity contribution in [1.29, 1.82) is 0 Å². The lowest BCUT2D eigenvalue weighted by molar-refractivity contribution is 0.0535. The summed E-state index contributed by atoms with van der Waals surface area (Å²) in [7, 11) is 0. The number of H-pyrrole nitrogens is 1. The van der Waals surface area contributed by atoms with Crippen LogP contribution in [0.1, 0.15) is 36.7 Å². The van der Waals surface area contributed by atoms with E-state index < -0.39 is 11.7 Å². The van der Waals surface area contributed by atoms with Gasteiger partial charge in [-0.15, -0.1) is 0 Å². The SMILES string of the molecule is CC(C)(C)OC(=O)NCC#Cc1ccc2[nH]cc(C=O)c2c1. The summed E-state index contributed by atoms with van der Waals surface area (Å²) in [5.74, 6) is 5.80. The molecule has 0 saturated carbocycles. The Hall–Kier alpha value is -2.74. The van der Waals surface area contributed by atoms with Gasteiger partial charge in [-0.1, -0.05) is 11.8 Å². The van der Waals surface area contributed by atoms with Crippen molar-refractivity contribution in [2.75, 3.05) is 6.54 Å². The lowest BCUT2D eigenvalue weighted by atomic mass is 10.1. The van der Waals surface area contributed by atoms with Crippen molar-refractivity contribution < 1.29 is 14.3 Å². The first kappa shape index (κ1) is 15.6. The Balaban J connectivity index is 2.00. The van der Waals surface area contributed by atoms with E-state index in [4.69, 9.17) is 4.74 Å². The van der Waals surface area contributed by atoms with Crippen molar-refractivity contribution >= 4 is 23.3 Å². The van der Waals surface area contributed by atoms with Crippen molar-refractivity contribution in [1.82, 2.24) is 10.3 Å². The summed E-state index contributed by atoms with van der Waals surface area (Å²) in [5, 5.41) is 3.40. The number of fused-ring (bicyclic) bond motifs is 1. The van der Waals surface area contributed by atoms with Crippen LogP contribution < -0.4 is 5.32 Å². The van der Waals surface area contributed by atoms with Gasteiger partial charge in [-0.05, 0) is 39.0 Å². The Kier molecular flexibility index (Phi) is 4.52. The Morgan fingerprint density at radius 1 is 1.41 bits per heavy atom. The van der Waals surface area contributed by atoms with Gasteiger partial charge in [0.2, 0.25) is 0 Å². The molecule has 114 valence electrons. The summed E-state index contributed by atoms with van der Waals surface area (Å²) in [6, 6.07) is 5.57. The maximum absolute atomic E-state index is 11.4. The number of benzene rings is 1. The molecule has 1 aromatic heterocycles. The third kappa shape index (κ3) is 4.13. The Morgan fingerprint density at radius 2 is 2.18 bits per heavy atom. The molecule has 2 N–H and O–H groups in total. The van der Waals surface area contributed by atoms with Crippen LogP contribution in [0, 0.1) is 11.8 Å². The van der Waals surface area contributed by atoms with Crippen molar-refractivity contribution in [2.24, 2.45) is 0 Å². The number of ether oxygens (including phenoxy) is 1. The van der Waals surface area contributed by atoms with Crippen LogP contribution in [0.3, 0.4) is 0 Å². The van der Waals surface area contributed by atoms with Crippen molar-refractivity contribution in [3.05, 3.63) is 35.5 Å². The van der Waals surface area contributed by atoms with Crippen LogP contribution in [0.4, 0.5) is 4.79 Å². The highest BCUT2D eigenvalue weighted by Gasteiger charge is 2.14. The summed E-state index contributed by atoms with van der Waals surface area (Å²) < 4.78 is 5.11. The standard InChI is InChI=1S/C17H18N2O3/c1-17(2,3)22-16(21)18-8-4-5-12-6-7-15-14(9-12)13(11-20)10-19-15/h6-7,9-11,19H,8H2,1-3H3,(H,18,21). The Morgan fingerprint density at radius 3 is 2.86 bits per heavy atom.